The number of carbonyl (C=O) groups excluding carboxylic acids is 15. The number of hydrogen-bond donors (Lipinski definition) is 32. The summed E-state index contributed by atoms with van der Waals surface area (Å²) < 4.78 is 0. The van der Waals surface area contributed by atoms with Gasteiger partial charge >= 0.3 is 23.9 Å². The molecule has 15 amide bonds. The van der Waals surface area contributed by atoms with Gasteiger partial charge in [0, 0.05) is 65.3 Å². The monoisotopic (exact) mass is 1820 g/mol. The van der Waals surface area contributed by atoms with Gasteiger partial charge in [-0.15, -0.1) is 0 Å². The van der Waals surface area contributed by atoms with Crippen LogP contribution in [0, 0.1) is 39.4 Å². The Morgan fingerprint density at radius 2 is 0.570 bits per heavy atom. The highest BCUT2D eigenvalue weighted by Gasteiger charge is 2.41. The normalized spacial score (nSPS) is 15.5. The van der Waals surface area contributed by atoms with Crippen molar-refractivity contribution in [1.82, 2.24) is 95.3 Å². The van der Waals surface area contributed by atoms with Crippen molar-refractivity contribution in [1.29, 1.82) is 21.6 Å². The van der Waals surface area contributed by atoms with Crippen LogP contribution in [0.5, 0.6) is 0 Å². The molecule has 1 aliphatic heterocycles. The van der Waals surface area contributed by atoms with Gasteiger partial charge in [0.25, 0.3) is 0 Å². The Morgan fingerprint density at radius 1 is 0.336 bits per heavy atom. The molecule has 0 saturated carbocycles. The number of hydrogen-bond acceptors (Lipinski definition) is 25. The second-order valence-electron chi connectivity index (χ2n) is 32.0. The summed E-state index contributed by atoms with van der Waals surface area (Å²) in [5.41, 5.74) is 27.4. The van der Waals surface area contributed by atoms with Crippen LogP contribution in [-0.4, -0.2) is 302 Å². The summed E-state index contributed by atoms with van der Waals surface area (Å²) in [7, 11) is 0. The molecule has 1 aliphatic rings. The minimum atomic E-state index is -2.03. The van der Waals surface area contributed by atoms with E-state index in [0.29, 0.717) is 6.42 Å². The summed E-state index contributed by atoms with van der Waals surface area (Å²) in [6.45, 7) is 11.1. The van der Waals surface area contributed by atoms with Crippen molar-refractivity contribution in [3.05, 3.63) is 0 Å². The first-order valence-electron chi connectivity index (χ1n) is 41.9. The Hall–Kier alpha value is -13.1. The van der Waals surface area contributed by atoms with Crippen LogP contribution in [0.1, 0.15) is 190 Å². The molecule has 128 heavy (non-hydrogen) atoms. The van der Waals surface area contributed by atoms with Crippen LogP contribution in [0.4, 0.5) is 0 Å². The van der Waals surface area contributed by atoms with E-state index in [-0.39, 0.29) is 110 Å². The Bertz CT molecular complexity index is 3850. The highest BCUT2D eigenvalue weighted by Crippen LogP contribution is 2.19. The molecule has 0 unspecified atom stereocenters. The molecule has 722 valence electrons. The van der Waals surface area contributed by atoms with Gasteiger partial charge in [-0.05, 0) is 134 Å². The van der Waals surface area contributed by atoms with Crippen molar-refractivity contribution < 1.29 is 122 Å². The van der Waals surface area contributed by atoms with Crippen molar-refractivity contribution in [2.45, 2.75) is 281 Å². The number of aliphatic hydroxyl groups is 2. The van der Waals surface area contributed by atoms with Crippen LogP contribution in [0.15, 0.2) is 0 Å². The van der Waals surface area contributed by atoms with Crippen LogP contribution in [0.25, 0.3) is 0 Å². The molecule has 1 rings (SSSR count). The second-order valence-corrected chi connectivity index (χ2v) is 32.0. The van der Waals surface area contributed by atoms with Crippen molar-refractivity contribution in [2.75, 3.05) is 39.3 Å². The SMILES string of the molecule is CC(=O)N1CCC[C@H]1C(=O)N[C@@H](CO)C(=O)N[C@@H](CCCNC(=N)N)C(=O)N[C@@H](CC(C)C)C(=O)N[C@@H](CCC(=O)O)C(=O)N[C@@H](CCC(=O)O)C(=O)N[C@@H](CCC(=O)O)C(=O)N[C@@H](CC(C)C)C(=O)N[C@@H](CCCNC(=N)N)C(=O)N[C@@H](CCCNC(=N)N)C(=O)N[C@@H](CCCNC(=N)N)C(=O)N[C@@H](CC(C)C)C(=O)N[C@H](C(=O)N[C@@H](CCC(=O)O)C(N)=O)[C@@H](C)O. The fraction of sp³-hybridized carbons (Fsp3) is 0.697. The van der Waals surface area contributed by atoms with E-state index in [2.05, 4.69) is 90.4 Å². The third-order valence-corrected chi connectivity index (χ3v) is 19.5. The zero-order valence-electron chi connectivity index (χ0n) is 73.3. The van der Waals surface area contributed by atoms with E-state index in [1.54, 1.807) is 41.5 Å². The number of aliphatic carboxylic acids is 4. The van der Waals surface area contributed by atoms with E-state index >= 15 is 0 Å². The molecule has 0 spiro atoms. The third kappa shape index (κ3) is 46.2. The van der Waals surface area contributed by atoms with Crippen LogP contribution in [0.2, 0.25) is 0 Å². The number of nitrogens with zero attached hydrogens (tertiary/aromatic N) is 1. The van der Waals surface area contributed by atoms with Gasteiger partial charge in [0.15, 0.2) is 23.8 Å². The zero-order valence-corrected chi connectivity index (χ0v) is 73.3. The number of aliphatic hydroxyl groups excluding tert-OH is 2. The molecule has 0 aliphatic carbocycles. The van der Waals surface area contributed by atoms with Crippen molar-refractivity contribution in [3.63, 3.8) is 0 Å². The molecule has 1 fully saturated rings. The summed E-state index contributed by atoms with van der Waals surface area (Å²) in [5.74, 6) is -25.4. The average Bonchev–Trinajstić information content (AvgIpc) is 1.69. The first-order valence-corrected chi connectivity index (χ1v) is 41.9. The lowest BCUT2D eigenvalue weighted by Crippen LogP contribution is -2.61. The Balaban J connectivity index is 3.97. The standard InChI is InChI=1S/C76H133N27O25/c1-36(2)32-49(67(123)93-43(15-10-28-87-74(80)81)61(117)91-42(14-9-27-86-73(78)79)60(116)92-44(16-11-29-88-75(82)83)62(118)100-51(34-38(5)6)69(125)102-58(39(7)105)72(128)90-41(59(77)115)19-23-54(107)108)99-66(122)48(22-26-57(113)114)96-64(120)46(20-24-55(109)110)95-65(121)47(21-25-56(111)112)97-68(124)50(33-37(3)4)98-63(119)45(17-12-30-89-76(84)85)94-70(126)52(35-104)101-71(127)53-18-13-31-103(53)40(8)106/h36-39,41-53,58,104-105H,9-35H2,1-8H3,(H2,77,115)(H,90,128)(H,91,117)(H,92,116)(H,93,123)(H,94,126)(H,95,121)(H,96,120)(H,97,124)(H,98,119)(H,99,122)(H,100,118)(H,101,127)(H,102,125)(H,107,108)(H,109,110)(H,111,112)(H,113,114)(H4,78,79,86)(H4,80,81,87)(H4,82,83,88)(H4,84,85,89)/t39-,41+,42+,43+,44+,45+,46+,47+,48+,49+,50+,51+,52+,53+,58+/m1/s1. The third-order valence-electron chi connectivity index (χ3n) is 19.5. The molecular weight excluding hydrogens is 1690 g/mol. The lowest BCUT2D eigenvalue weighted by Gasteiger charge is -2.29. The molecule has 0 bridgehead atoms. The molecule has 0 aromatic carbocycles. The first kappa shape index (κ1) is 113. The molecule has 0 aromatic rings. The van der Waals surface area contributed by atoms with E-state index in [4.69, 9.17) is 50.3 Å². The Kier molecular flexibility index (Phi) is 52.1. The largest absolute Gasteiger partial charge is 0.481 e. The summed E-state index contributed by atoms with van der Waals surface area (Å²) in [5, 5.41) is 132. The molecule has 52 heteroatoms. The quantitative estimate of drug-likeness (QED) is 0.0153. The molecule has 1 saturated heterocycles. The minimum Gasteiger partial charge on any atom is -0.481 e. The predicted molar refractivity (Wildman–Crippen MR) is 456 cm³/mol. The van der Waals surface area contributed by atoms with Gasteiger partial charge < -0.3 is 155 Å². The van der Waals surface area contributed by atoms with Crippen LogP contribution in [0.3, 0.4) is 0 Å². The molecule has 37 N–H and O–H groups in total. The van der Waals surface area contributed by atoms with Crippen LogP contribution < -0.4 is 119 Å². The van der Waals surface area contributed by atoms with Gasteiger partial charge in [-0.2, -0.15) is 0 Å². The van der Waals surface area contributed by atoms with Gasteiger partial charge in [-0.25, -0.2) is 0 Å². The number of primary amides is 1. The molecule has 15 atom stereocenters. The van der Waals surface area contributed by atoms with E-state index in [0.717, 1.165) is 6.92 Å². The summed E-state index contributed by atoms with van der Waals surface area (Å²) in [4.78, 5) is 260. The number of likely N-dealkylation sites (tertiary alicyclic amines) is 1. The molecule has 0 radical (unpaired) electrons. The van der Waals surface area contributed by atoms with Crippen molar-refractivity contribution >= 4 is 136 Å². The number of nitrogens with one attached hydrogen (secondary N) is 21. The fourth-order valence-corrected chi connectivity index (χ4v) is 13.0. The van der Waals surface area contributed by atoms with Gasteiger partial charge in [0.05, 0.1) is 12.7 Å². The molecule has 52 nitrogen and oxygen atoms in total. The lowest BCUT2D eigenvalue weighted by atomic mass is 10.00. The van der Waals surface area contributed by atoms with E-state index in [1.165, 1.54) is 11.8 Å². The maximum Gasteiger partial charge on any atom is 0.303 e. The fourth-order valence-electron chi connectivity index (χ4n) is 13.0. The van der Waals surface area contributed by atoms with E-state index in [1.807, 2.05) is 0 Å². The van der Waals surface area contributed by atoms with Gasteiger partial charge in [-0.3, -0.25) is 113 Å². The van der Waals surface area contributed by atoms with Gasteiger partial charge in [0.2, 0.25) is 88.6 Å². The summed E-state index contributed by atoms with van der Waals surface area (Å²) in [6.07, 6.45) is -9.03. The second kappa shape index (κ2) is 59.0. The Morgan fingerprint density at radius 3 is 0.805 bits per heavy atom. The van der Waals surface area contributed by atoms with Crippen molar-refractivity contribution in [2.24, 2.45) is 46.4 Å². The number of carboxylic acid groups (broad SMARTS) is 4. The maximum absolute atomic E-state index is 14.9. The number of guanidine groups is 4. The number of carboxylic acids is 4. The summed E-state index contributed by atoms with van der Waals surface area (Å²) in [6, 6.07) is -23.5. The van der Waals surface area contributed by atoms with Crippen LogP contribution in [-0.2, 0) is 91.1 Å². The first-order chi connectivity index (χ1) is 59.9. The zero-order chi connectivity index (χ0) is 97.4. The topological polar surface area (TPSA) is 879 Å². The molecular formula is C76H133N27O25. The molecule has 1 heterocycles. The maximum atomic E-state index is 14.9. The average molecular weight is 1830 g/mol. The summed E-state index contributed by atoms with van der Waals surface area (Å²) >= 11 is 0. The number of amides is 15. The van der Waals surface area contributed by atoms with Gasteiger partial charge in [-0.1, -0.05) is 41.5 Å². The van der Waals surface area contributed by atoms with Crippen LogP contribution >= 0.6 is 0 Å². The van der Waals surface area contributed by atoms with Gasteiger partial charge in [0.1, 0.15) is 84.6 Å². The number of carbonyl (C=O) groups is 19. The smallest absolute Gasteiger partial charge is 0.303 e. The Labute approximate surface area is 738 Å². The van der Waals surface area contributed by atoms with E-state index in [9.17, 15) is 122 Å². The number of nitrogens with two attached hydrogens (primary N) is 5. The lowest BCUT2D eigenvalue weighted by molar-refractivity contribution is -0.140. The highest BCUT2D eigenvalue weighted by atomic mass is 16.4. The number of rotatable bonds is 63. The van der Waals surface area contributed by atoms with Crippen molar-refractivity contribution in [3.8, 4) is 0 Å². The predicted octanol–water partition coefficient (Wildman–Crippen LogP) is -9.19. The highest BCUT2D eigenvalue weighted by molar-refractivity contribution is 6.01. The minimum absolute atomic E-state index is 0.0141. The molecule has 0 aromatic heterocycles. The van der Waals surface area contributed by atoms with E-state index < -0.39 is 303 Å².